The van der Waals surface area contributed by atoms with Crippen LogP contribution in [-0.2, 0) is 6.54 Å². The van der Waals surface area contributed by atoms with Crippen LogP contribution in [-0.4, -0.2) is 15.6 Å². The van der Waals surface area contributed by atoms with Crippen LogP contribution in [0.3, 0.4) is 0 Å². The van der Waals surface area contributed by atoms with E-state index >= 15 is 0 Å². The van der Waals surface area contributed by atoms with E-state index in [4.69, 9.17) is 22.5 Å². The number of aromatic nitrogens is 1. The molecule has 0 radical (unpaired) electrons. The van der Waals surface area contributed by atoms with Crippen LogP contribution in [0.1, 0.15) is 16.8 Å². The van der Waals surface area contributed by atoms with Crippen molar-refractivity contribution in [3.8, 4) is 0 Å². The topological polar surface area (TPSA) is 80.6 Å². The maximum absolute atomic E-state index is 13.3. The monoisotopic (exact) mass is 309 g/mol. The third-order valence-electron chi connectivity index (χ3n) is 3.11. The number of aryl methyl sites for hydroxylation is 1. The van der Waals surface area contributed by atoms with Crippen LogP contribution in [0.5, 0.6) is 0 Å². The fourth-order valence-electron chi connectivity index (χ4n) is 1.95. The Kier molecular flexibility index (Phi) is 4.28. The van der Waals surface area contributed by atoms with Crippen LogP contribution in [0.2, 0.25) is 5.02 Å². The van der Waals surface area contributed by atoms with Crippen molar-refractivity contribution in [3.63, 3.8) is 0 Å². The molecule has 1 heterocycles. The Bertz CT molecular complexity index is 771. The molecule has 0 saturated heterocycles. The van der Waals surface area contributed by atoms with Gasteiger partial charge in [0.1, 0.15) is 5.82 Å². The fraction of sp³-hybridized carbons (Fsp3) is 0.143. The van der Waals surface area contributed by atoms with E-state index < -0.39 is 11.4 Å². The molecule has 3 N–H and O–H groups in total. The van der Waals surface area contributed by atoms with Gasteiger partial charge in [-0.15, -0.1) is 0 Å². The predicted molar refractivity (Wildman–Crippen MR) is 78.5 cm³/mol. The van der Waals surface area contributed by atoms with Crippen LogP contribution in [0.4, 0.5) is 4.39 Å². The number of rotatable bonds is 3. The zero-order chi connectivity index (χ0) is 15.6. The smallest absolute Gasteiger partial charge is 0.262 e. The summed E-state index contributed by atoms with van der Waals surface area (Å²) in [6, 6.07) is 7.07. The minimum absolute atomic E-state index is 0.0654. The maximum atomic E-state index is 13.3. The van der Waals surface area contributed by atoms with Gasteiger partial charge in [-0.3, -0.25) is 4.79 Å². The molecular weight excluding hydrogens is 297 g/mol. The van der Waals surface area contributed by atoms with E-state index in [1.54, 1.807) is 13.0 Å². The number of hydrogen-bond donors (Lipinski definition) is 2. The van der Waals surface area contributed by atoms with Gasteiger partial charge in [0, 0.05) is 10.7 Å². The van der Waals surface area contributed by atoms with Crippen LogP contribution in [0, 0.1) is 12.7 Å². The van der Waals surface area contributed by atoms with E-state index in [2.05, 4.69) is 5.16 Å². The standard InChI is InChI=1S/C14H13ClFN3O2/c1-8-2-4-11(13(17)18-21)14(20)19(8)7-9-6-10(16)3-5-12(9)15/h2-6,21H,7H2,1H3,(H2,17,18). The van der Waals surface area contributed by atoms with E-state index in [-0.39, 0.29) is 17.9 Å². The highest BCUT2D eigenvalue weighted by atomic mass is 35.5. The number of amidine groups is 1. The van der Waals surface area contributed by atoms with E-state index in [0.29, 0.717) is 16.3 Å². The molecule has 0 saturated carbocycles. The molecule has 0 fully saturated rings. The first kappa shape index (κ1) is 15.1. The first-order valence-electron chi connectivity index (χ1n) is 6.06. The Labute approximate surface area is 125 Å². The van der Waals surface area contributed by atoms with Gasteiger partial charge in [0.2, 0.25) is 0 Å². The SMILES string of the molecule is Cc1ccc(/C(N)=N/O)c(=O)n1Cc1cc(F)ccc1Cl. The summed E-state index contributed by atoms with van der Waals surface area (Å²) < 4.78 is 14.7. The lowest BCUT2D eigenvalue weighted by atomic mass is 10.2. The fourth-order valence-corrected chi connectivity index (χ4v) is 2.13. The molecule has 5 nitrogen and oxygen atoms in total. The van der Waals surface area contributed by atoms with Gasteiger partial charge < -0.3 is 15.5 Å². The van der Waals surface area contributed by atoms with Gasteiger partial charge in [-0.1, -0.05) is 16.8 Å². The summed E-state index contributed by atoms with van der Waals surface area (Å²) >= 11 is 6.01. The molecule has 1 aromatic heterocycles. The van der Waals surface area contributed by atoms with Gasteiger partial charge in [-0.05, 0) is 42.8 Å². The second-order valence-corrected chi connectivity index (χ2v) is 4.91. The average Bonchev–Trinajstić information content (AvgIpc) is 2.46. The van der Waals surface area contributed by atoms with E-state index in [9.17, 15) is 9.18 Å². The molecule has 0 aliphatic heterocycles. The van der Waals surface area contributed by atoms with Gasteiger partial charge in [0.05, 0.1) is 12.1 Å². The number of hydrogen-bond acceptors (Lipinski definition) is 3. The number of oxime groups is 1. The van der Waals surface area contributed by atoms with Crippen molar-refractivity contribution < 1.29 is 9.60 Å². The quantitative estimate of drug-likeness (QED) is 0.394. The van der Waals surface area contributed by atoms with Crippen molar-refractivity contribution in [2.24, 2.45) is 10.9 Å². The Hall–Kier alpha value is -2.34. The third-order valence-corrected chi connectivity index (χ3v) is 3.48. The second-order valence-electron chi connectivity index (χ2n) is 4.50. The molecule has 0 aliphatic rings. The summed E-state index contributed by atoms with van der Waals surface area (Å²) in [6.07, 6.45) is 0. The summed E-state index contributed by atoms with van der Waals surface area (Å²) in [4.78, 5) is 12.3. The molecule has 0 atom stereocenters. The summed E-state index contributed by atoms with van der Waals surface area (Å²) in [5.41, 5.74) is 6.21. The van der Waals surface area contributed by atoms with Crippen molar-refractivity contribution in [3.05, 3.63) is 68.3 Å². The lowest BCUT2D eigenvalue weighted by molar-refractivity contribution is 0.318. The van der Waals surface area contributed by atoms with Crippen LogP contribution in [0.15, 0.2) is 40.3 Å². The number of nitrogens with zero attached hydrogens (tertiary/aromatic N) is 2. The molecule has 0 amide bonds. The average molecular weight is 310 g/mol. The zero-order valence-electron chi connectivity index (χ0n) is 11.2. The highest BCUT2D eigenvalue weighted by molar-refractivity contribution is 6.31. The summed E-state index contributed by atoms with van der Waals surface area (Å²) in [5, 5.41) is 11.9. The van der Waals surface area contributed by atoms with Crippen molar-refractivity contribution in [2.45, 2.75) is 13.5 Å². The van der Waals surface area contributed by atoms with Crippen molar-refractivity contribution in [1.29, 1.82) is 0 Å². The van der Waals surface area contributed by atoms with Gasteiger partial charge in [-0.25, -0.2) is 4.39 Å². The van der Waals surface area contributed by atoms with Crippen molar-refractivity contribution >= 4 is 17.4 Å². The molecule has 0 aliphatic carbocycles. The zero-order valence-corrected chi connectivity index (χ0v) is 11.9. The predicted octanol–water partition coefficient (Wildman–Crippen LogP) is 2.09. The molecule has 1 aromatic carbocycles. The third kappa shape index (κ3) is 3.05. The molecule has 0 unspecified atom stereocenters. The normalized spacial score (nSPS) is 11.7. The molecule has 0 bridgehead atoms. The second kappa shape index (κ2) is 5.97. The van der Waals surface area contributed by atoms with Crippen LogP contribution >= 0.6 is 11.6 Å². The minimum Gasteiger partial charge on any atom is -0.409 e. The largest absolute Gasteiger partial charge is 0.409 e. The Morgan fingerprint density at radius 1 is 1.43 bits per heavy atom. The summed E-state index contributed by atoms with van der Waals surface area (Å²) in [6.45, 7) is 1.82. The first-order chi connectivity index (χ1) is 9.93. The molecule has 7 heteroatoms. The van der Waals surface area contributed by atoms with E-state index in [1.165, 1.54) is 28.8 Å². The lowest BCUT2D eigenvalue weighted by Gasteiger charge is -2.12. The molecular formula is C14H13ClFN3O2. The van der Waals surface area contributed by atoms with Crippen LogP contribution in [0.25, 0.3) is 0 Å². The molecule has 2 aromatic rings. The molecule has 2 rings (SSSR count). The van der Waals surface area contributed by atoms with E-state index in [1.807, 2.05) is 0 Å². The van der Waals surface area contributed by atoms with Gasteiger partial charge in [-0.2, -0.15) is 0 Å². The Morgan fingerprint density at radius 3 is 2.81 bits per heavy atom. The first-order valence-corrected chi connectivity index (χ1v) is 6.44. The Balaban J connectivity index is 2.54. The van der Waals surface area contributed by atoms with Crippen molar-refractivity contribution in [2.75, 3.05) is 0 Å². The summed E-state index contributed by atoms with van der Waals surface area (Å²) in [7, 11) is 0. The number of halogens is 2. The minimum atomic E-state index is -0.439. The highest BCUT2D eigenvalue weighted by Gasteiger charge is 2.12. The maximum Gasteiger partial charge on any atom is 0.262 e. The molecule has 110 valence electrons. The number of pyridine rings is 1. The summed E-state index contributed by atoms with van der Waals surface area (Å²) in [5.74, 6) is -0.716. The van der Waals surface area contributed by atoms with E-state index in [0.717, 1.165) is 0 Å². The lowest BCUT2D eigenvalue weighted by Crippen LogP contribution is -2.31. The number of nitrogens with two attached hydrogens (primary N) is 1. The molecule has 0 spiro atoms. The van der Waals surface area contributed by atoms with Gasteiger partial charge in [0.25, 0.3) is 5.56 Å². The number of benzene rings is 1. The van der Waals surface area contributed by atoms with Crippen molar-refractivity contribution in [1.82, 2.24) is 4.57 Å². The highest BCUT2D eigenvalue weighted by Crippen LogP contribution is 2.18. The Morgan fingerprint density at radius 2 is 2.14 bits per heavy atom. The van der Waals surface area contributed by atoms with Gasteiger partial charge in [0.15, 0.2) is 5.84 Å². The van der Waals surface area contributed by atoms with Crippen LogP contribution < -0.4 is 11.3 Å². The van der Waals surface area contributed by atoms with Gasteiger partial charge >= 0.3 is 0 Å². The molecule has 21 heavy (non-hydrogen) atoms.